The molecule has 2 heterocycles. The van der Waals surface area contributed by atoms with Crippen LogP contribution in [0.15, 0.2) is 91.0 Å². The van der Waals surface area contributed by atoms with Crippen molar-refractivity contribution >= 4 is 5.91 Å². The quantitative estimate of drug-likeness (QED) is 0.513. The average molecular weight is 490 g/mol. The third kappa shape index (κ3) is 6.00. The summed E-state index contributed by atoms with van der Waals surface area (Å²) in [6, 6.07) is 29.0. The Bertz CT molecular complexity index is 1100. The highest BCUT2D eigenvalue weighted by molar-refractivity contribution is 5.73. The summed E-state index contributed by atoms with van der Waals surface area (Å²) in [5.41, 5.74) is 2.94. The van der Waals surface area contributed by atoms with E-state index in [1.165, 1.54) is 6.92 Å². The molecule has 0 radical (unpaired) electrons. The molecule has 1 unspecified atom stereocenters. The summed E-state index contributed by atoms with van der Waals surface area (Å²) in [6.45, 7) is 2.48. The first kappa shape index (κ1) is 24.6. The van der Waals surface area contributed by atoms with Gasteiger partial charge in [0.15, 0.2) is 12.6 Å². The van der Waals surface area contributed by atoms with Gasteiger partial charge in [-0.25, -0.2) is 0 Å². The Morgan fingerprint density at radius 3 is 2.03 bits per heavy atom. The average Bonchev–Trinajstić information content (AvgIpc) is 2.92. The largest absolute Gasteiger partial charge is 0.368 e. The number of hydrogen-bond donors (Lipinski definition) is 1. The molecular weight excluding hydrogens is 458 g/mol. The fourth-order valence-electron chi connectivity index (χ4n) is 4.60. The van der Waals surface area contributed by atoms with E-state index in [9.17, 15) is 4.79 Å². The molecule has 7 nitrogen and oxygen atoms in total. The SMILES string of the molecule is CC(=O)N[C@H]1[C@@H](OCc2ccccc2)O[C@@H]2COC(c3ccccc3)O[C@H]2[C@@H]1OCc1ccccc1. The molecule has 1 amide bonds. The smallest absolute Gasteiger partial charge is 0.217 e. The molecule has 2 aliphatic rings. The Balaban J connectivity index is 1.40. The Labute approximate surface area is 211 Å². The second-order valence-electron chi connectivity index (χ2n) is 9.00. The first-order valence-electron chi connectivity index (χ1n) is 12.2. The van der Waals surface area contributed by atoms with E-state index in [-0.39, 0.29) is 5.91 Å². The van der Waals surface area contributed by atoms with Crippen molar-refractivity contribution < 1.29 is 28.5 Å². The van der Waals surface area contributed by atoms with Crippen molar-refractivity contribution in [2.75, 3.05) is 6.61 Å². The van der Waals surface area contributed by atoms with Crippen molar-refractivity contribution in [2.24, 2.45) is 0 Å². The molecule has 2 saturated heterocycles. The lowest BCUT2D eigenvalue weighted by Crippen LogP contribution is -2.67. The minimum atomic E-state index is -0.739. The molecule has 36 heavy (non-hydrogen) atoms. The van der Waals surface area contributed by atoms with Crippen LogP contribution >= 0.6 is 0 Å². The summed E-state index contributed by atoms with van der Waals surface area (Å²) < 4.78 is 31.4. The molecular formula is C29H31NO6. The molecule has 0 aromatic heterocycles. The van der Waals surface area contributed by atoms with Crippen molar-refractivity contribution in [3.63, 3.8) is 0 Å². The second-order valence-corrected chi connectivity index (χ2v) is 9.00. The molecule has 5 rings (SSSR count). The van der Waals surface area contributed by atoms with E-state index in [1.807, 2.05) is 91.0 Å². The van der Waals surface area contributed by atoms with Crippen molar-refractivity contribution in [2.45, 2.75) is 57.1 Å². The van der Waals surface area contributed by atoms with Crippen LogP contribution in [0.25, 0.3) is 0 Å². The number of carbonyl (C=O) groups excluding carboxylic acids is 1. The summed E-state index contributed by atoms with van der Waals surface area (Å²) in [7, 11) is 0. The number of nitrogens with one attached hydrogen (secondary N) is 1. The number of carbonyl (C=O) groups is 1. The summed E-state index contributed by atoms with van der Waals surface area (Å²) in [4.78, 5) is 12.3. The van der Waals surface area contributed by atoms with Crippen LogP contribution in [0, 0.1) is 0 Å². The van der Waals surface area contributed by atoms with Gasteiger partial charge in [0.1, 0.15) is 24.4 Å². The van der Waals surface area contributed by atoms with Gasteiger partial charge >= 0.3 is 0 Å². The monoisotopic (exact) mass is 489 g/mol. The number of rotatable bonds is 8. The van der Waals surface area contributed by atoms with Gasteiger partial charge in [0.05, 0.1) is 19.8 Å². The van der Waals surface area contributed by atoms with Gasteiger partial charge in [-0.3, -0.25) is 4.79 Å². The van der Waals surface area contributed by atoms with Crippen molar-refractivity contribution in [1.82, 2.24) is 5.32 Å². The third-order valence-corrected chi connectivity index (χ3v) is 6.32. The Kier molecular flexibility index (Phi) is 8.05. The van der Waals surface area contributed by atoms with E-state index in [2.05, 4.69) is 5.32 Å². The number of hydrogen-bond acceptors (Lipinski definition) is 6. The van der Waals surface area contributed by atoms with E-state index < -0.39 is 36.9 Å². The maximum absolute atomic E-state index is 12.3. The van der Waals surface area contributed by atoms with Crippen LogP contribution in [-0.2, 0) is 41.7 Å². The van der Waals surface area contributed by atoms with E-state index in [0.717, 1.165) is 16.7 Å². The first-order chi connectivity index (χ1) is 17.7. The van der Waals surface area contributed by atoms with Crippen LogP contribution in [0.5, 0.6) is 0 Å². The highest BCUT2D eigenvalue weighted by Crippen LogP contribution is 2.36. The summed E-state index contributed by atoms with van der Waals surface area (Å²) in [5.74, 6) is -0.199. The zero-order valence-electron chi connectivity index (χ0n) is 20.2. The molecule has 3 aromatic rings. The molecule has 3 aromatic carbocycles. The maximum atomic E-state index is 12.3. The van der Waals surface area contributed by atoms with Crippen molar-refractivity contribution in [3.8, 4) is 0 Å². The molecule has 0 bridgehead atoms. The standard InChI is InChI=1S/C29H31NO6/c1-20(31)30-25-27(32-17-21-11-5-2-6-12-21)26-24(19-34-28(36-26)23-15-9-4-10-16-23)35-29(25)33-18-22-13-7-3-8-14-22/h2-16,24-29H,17-19H2,1H3,(H,30,31)/t24-,25-,26-,27-,28?,29+/m1/s1. The van der Waals surface area contributed by atoms with Crippen LogP contribution in [0.4, 0.5) is 0 Å². The molecule has 1 N–H and O–H groups in total. The van der Waals surface area contributed by atoms with Gasteiger partial charge in [-0.05, 0) is 11.1 Å². The van der Waals surface area contributed by atoms with E-state index in [4.69, 9.17) is 23.7 Å². The van der Waals surface area contributed by atoms with Gasteiger partial charge in [0, 0.05) is 12.5 Å². The van der Waals surface area contributed by atoms with Gasteiger partial charge < -0.3 is 29.0 Å². The van der Waals surface area contributed by atoms with Crippen LogP contribution < -0.4 is 5.32 Å². The van der Waals surface area contributed by atoms with E-state index >= 15 is 0 Å². The lowest BCUT2D eigenvalue weighted by molar-refractivity contribution is -0.350. The molecule has 6 atom stereocenters. The highest BCUT2D eigenvalue weighted by Gasteiger charge is 2.51. The first-order valence-corrected chi connectivity index (χ1v) is 12.2. The van der Waals surface area contributed by atoms with Gasteiger partial charge in [-0.2, -0.15) is 0 Å². The number of ether oxygens (including phenoxy) is 5. The predicted molar refractivity (Wildman–Crippen MR) is 133 cm³/mol. The van der Waals surface area contributed by atoms with E-state index in [1.54, 1.807) is 0 Å². The summed E-state index contributed by atoms with van der Waals surface area (Å²) >= 11 is 0. The molecule has 2 fully saturated rings. The van der Waals surface area contributed by atoms with Crippen LogP contribution in [-0.4, -0.2) is 43.2 Å². The zero-order chi connectivity index (χ0) is 24.7. The predicted octanol–water partition coefficient (Wildman–Crippen LogP) is 4.13. The summed E-state index contributed by atoms with van der Waals surface area (Å²) in [5, 5.41) is 3.01. The molecule has 0 aliphatic carbocycles. The van der Waals surface area contributed by atoms with Gasteiger partial charge in [0.2, 0.25) is 5.91 Å². The molecule has 7 heteroatoms. The third-order valence-electron chi connectivity index (χ3n) is 6.32. The molecule has 188 valence electrons. The highest BCUT2D eigenvalue weighted by atomic mass is 16.7. The lowest BCUT2D eigenvalue weighted by atomic mass is 9.95. The minimum absolute atomic E-state index is 0.199. The van der Waals surface area contributed by atoms with Crippen molar-refractivity contribution in [3.05, 3.63) is 108 Å². The van der Waals surface area contributed by atoms with Gasteiger partial charge in [-0.15, -0.1) is 0 Å². The Morgan fingerprint density at radius 1 is 0.833 bits per heavy atom. The van der Waals surface area contributed by atoms with Crippen LogP contribution in [0.1, 0.15) is 29.9 Å². The minimum Gasteiger partial charge on any atom is -0.368 e. The second kappa shape index (κ2) is 11.8. The number of amides is 1. The van der Waals surface area contributed by atoms with Crippen LogP contribution in [0.2, 0.25) is 0 Å². The Hall–Kier alpha value is -3.07. The topological polar surface area (TPSA) is 75.3 Å². The number of fused-ring (bicyclic) bond motifs is 1. The van der Waals surface area contributed by atoms with Crippen LogP contribution in [0.3, 0.4) is 0 Å². The number of benzene rings is 3. The molecule has 0 saturated carbocycles. The lowest BCUT2D eigenvalue weighted by Gasteiger charge is -2.49. The van der Waals surface area contributed by atoms with Gasteiger partial charge in [-0.1, -0.05) is 91.0 Å². The fraction of sp³-hybridized carbons (Fsp3) is 0.345. The zero-order valence-corrected chi connectivity index (χ0v) is 20.2. The van der Waals surface area contributed by atoms with E-state index in [0.29, 0.717) is 19.8 Å². The Morgan fingerprint density at radius 2 is 1.42 bits per heavy atom. The van der Waals surface area contributed by atoms with Crippen molar-refractivity contribution in [1.29, 1.82) is 0 Å². The summed E-state index contributed by atoms with van der Waals surface area (Å²) in [6.07, 6.45) is -2.71. The molecule has 2 aliphatic heterocycles. The maximum Gasteiger partial charge on any atom is 0.217 e. The molecule has 0 spiro atoms. The normalized spacial score (nSPS) is 27.7. The fourth-order valence-corrected chi connectivity index (χ4v) is 4.60. The van der Waals surface area contributed by atoms with Gasteiger partial charge in [0.25, 0.3) is 0 Å².